The molecule has 2 N–H and O–H groups in total. The van der Waals surface area contributed by atoms with Gasteiger partial charge >= 0.3 is 0 Å². The van der Waals surface area contributed by atoms with Crippen LogP contribution >= 0.6 is 11.6 Å². The van der Waals surface area contributed by atoms with E-state index in [1.807, 2.05) is 12.1 Å². The quantitative estimate of drug-likeness (QED) is 0.740. The Morgan fingerprint density at radius 3 is 3.00 bits per heavy atom. The SMILES string of the molecule is O=S(=O)(Nc1ccc2c(c1)CNCC2)c1ncc(Cl)c2oncc12. The number of benzene rings is 1. The zero-order valence-electron chi connectivity index (χ0n) is 12.4. The summed E-state index contributed by atoms with van der Waals surface area (Å²) in [6.45, 7) is 1.65. The van der Waals surface area contributed by atoms with Gasteiger partial charge in [0, 0.05) is 12.2 Å². The van der Waals surface area contributed by atoms with Crippen LogP contribution in [-0.2, 0) is 23.0 Å². The van der Waals surface area contributed by atoms with Crippen molar-refractivity contribution < 1.29 is 12.9 Å². The fourth-order valence-electron chi connectivity index (χ4n) is 2.77. The van der Waals surface area contributed by atoms with Crippen LogP contribution in [0.5, 0.6) is 0 Å². The van der Waals surface area contributed by atoms with Crippen molar-refractivity contribution >= 4 is 38.3 Å². The second kappa shape index (κ2) is 5.73. The molecular formula is C15H13ClN4O3S. The third-order valence-electron chi connectivity index (χ3n) is 3.91. The van der Waals surface area contributed by atoms with Crippen molar-refractivity contribution in [2.24, 2.45) is 0 Å². The molecule has 1 aliphatic rings. The highest BCUT2D eigenvalue weighted by Gasteiger charge is 2.23. The van der Waals surface area contributed by atoms with Crippen LogP contribution < -0.4 is 10.0 Å². The third kappa shape index (κ3) is 2.62. The molecule has 0 bridgehead atoms. The van der Waals surface area contributed by atoms with Gasteiger partial charge < -0.3 is 9.84 Å². The Hall–Kier alpha value is -2.16. The minimum absolute atomic E-state index is 0.168. The molecule has 9 heteroatoms. The topological polar surface area (TPSA) is 97.1 Å². The molecule has 0 spiro atoms. The van der Waals surface area contributed by atoms with Crippen molar-refractivity contribution in [2.75, 3.05) is 11.3 Å². The minimum atomic E-state index is -3.89. The van der Waals surface area contributed by atoms with E-state index in [4.69, 9.17) is 16.1 Å². The molecule has 0 unspecified atom stereocenters. The Kier molecular flexibility index (Phi) is 3.67. The van der Waals surface area contributed by atoms with E-state index in [-0.39, 0.29) is 21.0 Å². The van der Waals surface area contributed by atoms with Crippen LogP contribution in [0.2, 0.25) is 5.02 Å². The van der Waals surface area contributed by atoms with Crippen molar-refractivity contribution in [3.8, 4) is 0 Å². The van der Waals surface area contributed by atoms with Crippen LogP contribution in [0, 0.1) is 0 Å². The Balaban J connectivity index is 1.73. The number of hydrogen-bond donors (Lipinski definition) is 2. The number of pyridine rings is 1. The van der Waals surface area contributed by atoms with Crippen LogP contribution in [0.3, 0.4) is 0 Å². The number of halogens is 1. The number of aromatic nitrogens is 2. The van der Waals surface area contributed by atoms with Gasteiger partial charge in [-0.3, -0.25) is 4.72 Å². The summed E-state index contributed by atoms with van der Waals surface area (Å²) >= 11 is 5.94. The maximum absolute atomic E-state index is 12.7. The summed E-state index contributed by atoms with van der Waals surface area (Å²) in [4.78, 5) is 3.94. The lowest BCUT2D eigenvalue weighted by molar-refractivity contribution is 0.456. The first-order valence-corrected chi connectivity index (χ1v) is 9.15. The van der Waals surface area contributed by atoms with Crippen molar-refractivity contribution in [2.45, 2.75) is 18.0 Å². The molecule has 0 saturated heterocycles. The van der Waals surface area contributed by atoms with Crippen LogP contribution in [-0.4, -0.2) is 25.1 Å². The lowest BCUT2D eigenvalue weighted by Crippen LogP contribution is -2.24. The number of rotatable bonds is 3. The smallest absolute Gasteiger partial charge is 0.280 e. The number of fused-ring (bicyclic) bond motifs is 2. The van der Waals surface area contributed by atoms with E-state index in [2.05, 4.69) is 20.2 Å². The Bertz CT molecular complexity index is 1030. The van der Waals surface area contributed by atoms with Crippen molar-refractivity contribution in [1.82, 2.24) is 15.5 Å². The molecule has 0 atom stereocenters. The van der Waals surface area contributed by atoms with Gasteiger partial charge in [0.05, 0.1) is 17.8 Å². The normalized spacial score (nSPS) is 14.5. The standard InChI is InChI=1S/C15H13ClN4O3S/c16-13-8-18-15(12-7-19-23-14(12)13)24(21,22)20-11-2-1-9-3-4-17-6-10(9)5-11/h1-2,5,7-8,17,20H,3-4,6H2. The molecule has 0 saturated carbocycles. The first-order valence-electron chi connectivity index (χ1n) is 7.29. The predicted octanol–water partition coefficient (Wildman–Crippen LogP) is 2.32. The molecule has 124 valence electrons. The van der Waals surface area contributed by atoms with Gasteiger partial charge in [-0.25, -0.2) is 4.98 Å². The summed E-state index contributed by atoms with van der Waals surface area (Å²) in [6, 6.07) is 5.53. The molecule has 3 aromatic rings. The van der Waals surface area contributed by atoms with Crippen LogP contribution in [0.1, 0.15) is 11.1 Å². The van der Waals surface area contributed by atoms with Crippen LogP contribution in [0.25, 0.3) is 11.0 Å². The van der Waals surface area contributed by atoms with Gasteiger partial charge in [-0.15, -0.1) is 0 Å². The predicted molar refractivity (Wildman–Crippen MR) is 89.5 cm³/mol. The van der Waals surface area contributed by atoms with Gasteiger partial charge in [0.15, 0.2) is 10.6 Å². The van der Waals surface area contributed by atoms with E-state index in [1.165, 1.54) is 18.0 Å². The second-order valence-corrected chi connectivity index (χ2v) is 7.50. The molecule has 0 fully saturated rings. The summed E-state index contributed by atoms with van der Waals surface area (Å²) in [5.74, 6) is 0. The van der Waals surface area contributed by atoms with E-state index in [0.717, 1.165) is 25.1 Å². The minimum Gasteiger partial charge on any atom is -0.355 e. The highest BCUT2D eigenvalue weighted by molar-refractivity contribution is 7.92. The zero-order valence-corrected chi connectivity index (χ0v) is 14.0. The summed E-state index contributed by atoms with van der Waals surface area (Å²) in [6.07, 6.45) is 3.46. The average molecular weight is 365 g/mol. The first-order chi connectivity index (χ1) is 11.5. The molecule has 24 heavy (non-hydrogen) atoms. The number of nitrogens with one attached hydrogen (secondary N) is 2. The Morgan fingerprint density at radius 1 is 1.25 bits per heavy atom. The maximum atomic E-state index is 12.7. The van der Waals surface area contributed by atoms with Gasteiger partial charge in [-0.1, -0.05) is 22.8 Å². The molecular weight excluding hydrogens is 352 g/mol. The lowest BCUT2D eigenvalue weighted by atomic mass is 10.0. The third-order valence-corrected chi connectivity index (χ3v) is 5.52. The van der Waals surface area contributed by atoms with Crippen LogP contribution in [0.15, 0.2) is 40.1 Å². The van der Waals surface area contributed by atoms with E-state index in [9.17, 15) is 8.42 Å². The highest BCUT2D eigenvalue weighted by Crippen LogP contribution is 2.28. The molecule has 4 rings (SSSR count). The lowest BCUT2D eigenvalue weighted by Gasteiger charge is -2.18. The summed E-state index contributed by atoms with van der Waals surface area (Å²) in [5, 5.41) is 7.15. The van der Waals surface area contributed by atoms with Gasteiger partial charge in [0.25, 0.3) is 10.0 Å². The molecule has 1 aromatic carbocycles. The van der Waals surface area contributed by atoms with E-state index in [0.29, 0.717) is 5.69 Å². The first kappa shape index (κ1) is 15.4. The molecule has 1 aliphatic heterocycles. The Labute approximate surface area is 143 Å². The monoisotopic (exact) mass is 364 g/mol. The average Bonchev–Trinajstić information content (AvgIpc) is 3.05. The van der Waals surface area contributed by atoms with E-state index in [1.54, 1.807) is 6.07 Å². The van der Waals surface area contributed by atoms with Crippen molar-refractivity contribution in [3.05, 3.63) is 46.7 Å². The molecule has 3 heterocycles. The molecule has 0 radical (unpaired) electrons. The fraction of sp³-hybridized carbons (Fsp3) is 0.200. The van der Waals surface area contributed by atoms with E-state index >= 15 is 0 Å². The highest BCUT2D eigenvalue weighted by atomic mass is 35.5. The summed E-state index contributed by atoms with van der Waals surface area (Å²) in [5.41, 5.74) is 2.99. The number of nitrogens with zero attached hydrogens (tertiary/aromatic N) is 2. The number of anilines is 1. The van der Waals surface area contributed by atoms with Crippen molar-refractivity contribution in [3.63, 3.8) is 0 Å². The molecule has 0 aliphatic carbocycles. The second-order valence-electron chi connectivity index (χ2n) is 5.50. The molecule has 2 aromatic heterocycles. The maximum Gasteiger partial charge on any atom is 0.280 e. The number of sulfonamides is 1. The molecule has 0 amide bonds. The van der Waals surface area contributed by atoms with Crippen LogP contribution in [0.4, 0.5) is 5.69 Å². The summed E-state index contributed by atoms with van der Waals surface area (Å²) < 4.78 is 32.9. The van der Waals surface area contributed by atoms with E-state index < -0.39 is 10.0 Å². The van der Waals surface area contributed by atoms with Gasteiger partial charge in [0.1, 0.15) is 5.02 Å². The Morgan fingerprint density at radius 2 is 2.12 bits per heavy atom. The van der Waals surface area contributed by atoms with Gasteiger partial charge in [-0.2, -0.15) is 8.42 Å². The fourth-order valence-corrected chi connectivity index (χ4v) is 4.11. The van der Waals surface area contributed by atoms with Gasteiger partial charge in [-0.05, 0) is 36.2 Å². The number of hydrogen-bond acceptors (Lipinski definition) is 6. The summed E-state index contributed by atoms with van der Waals surface area (Å²) in [7, 11) is -3.89. The van der Waals surface area contributed by atoms with Gasteiger partial charge in [0.2, 0.25) is 0 Å². The van der Waals surface area contributed by atoms with Crippen molar-refractivity contribution in [1.29, 1.82) is 0 Å². The molecule has 7 nitrogen and oxygen atoms in total. The largest absolute Gasteiger partial charge is 0.355 e. The zero-order chi connectivity index (χ0) is 16.7.